The minimum Gasteiger partial charge on any atom is -0.369 e. The second-order valence-corrected chi connectivity index (χ2v) is 4.87. The average molecular weight is 235 g/mol. The van der Waals surface area contributed by atoms with Crippen molar-refractivity contribution in [1.29, 1.82) is 0 Å². The molecule has 0 aromatic heterocycles. The highest BCUT2D eigenvalue weighted by atomic mass is 16.5. The van der Waals surface area contributed by atoms with Crippen molar-refractivity contribution >= 4 is 0 Å². The van der Waals surface area contributed by atoms with Crippen molar-refractivity contribution in [1.82, 2.24) is 0 Å². The number of benzene rings is 1. The third-order valence-corrected chi connectivity index (χ3v) is 3.05. The summed E-state index contributed by atoms with van der Waals surface area (Å²) in [7, 11) is 0. The fourth-order valence-corrected chi connectivity index (χ4v) is 2.11. The zero-order valence-electron chi connectivity index (χ0n) is 11.4. The lowest BCUT2D eigenvalue weighted by Crippen LogP contribution is -2.30. The quantitative estimate of drug-likeness (QED) is 0.818. The Morgan fingerprint density at radius 1 is 1.24 bits per heavy atom. The number of hydrogen-bond donors (Lipinski definition) is 1. The average Bonchev–Trinajstić information content (AvgIpc) is 2.27. The highest BCUT2D eigenvalue weighted by molar-refractivity contribution is 5.28. The van der Waals surface area contributed by atoms with Crippen LogP contribution in [0.1, 0.15) is 50.8 Å². The molecule has 0 aliphatic rings. The molecule has 3 atom stereocenters. The Kier molecular flexibility index (Phi) is 5.66. The molecule has 2 heteroatoms. The Morgan fingerprint density at radius 2 is 1.88 bits per heavy atom. The van der Waals surface area contributed by atoms with E-state index in [0.29, 0.717) is 0 Å². The van der Waals surface area contributed by atoms with Gasteiger partial charge < -0.3 is 10.5 Å². The molecule has 2 nitrogen and oxygen atoms in total. The summed E-state index contributed by atoms with van der Waals surface area (Å²) in [5.74, 6) is 0. The Labute approximate surface area is 105 Å². The predicted octanol–water partition coefficient (Wildman–Crippen LogP) is 3.59. The van der Waals surface area contributed by atoms with Crippen LogP contribution < -0.4 is 5.73 Å². The molecule has 0 heterocycles. The smallest absolute Gasteiger partial charge is 0.0979 e. The minimum atomic E-state index is -0.00208. The fourth-order valence-electron chi connectivity index (χ4n) is 2.11. The molecule has 1 rings (SSSR count). The van der Waals surface area contributed by atoms with Gasteiger partial charge in [0.05, 0.1) is 12.2 Å². The van der Waals surface area contributed by atoms with Crippen LogP contribution in [0.2, 0.25) is 0 Å². The van der Waals surface area contributed by atoms with Crippen molar-refractivity contribution in [3.05, 3.63) is 35.4 Å². The summed E-state index contributed by atoms with van der Waals surface area (Å²) in [6, 6.07) is 8.33. The Hall–Kier alpha value is -0.860. The molecule has 0 saturated heterocycles. The number of rotatable bonds is 6. The van der Waals surface area contributed by atoms with Gasteiger partial charge in [0, 0.05) is 6.04 Å². The minimum absolute atomic E-state index is 0.00208. The second kappa shape index (κ2) is 6.77. The van der Waals surface area contributed by atoms with E-state index in [2.05, 4.69) is 32.9 Å². The van der Waals surface area contributed by atoms with E-state index < -0.39 is 0 Å². The molecule has 96 valence electrons. The maximum Gasteiger partial charge on any atom is 0.0979 e. The van der Waals surface area contributed by atoms with Crippen LogP contribution in [0.4, 0.5) is 0 Å². The monoisotopic (exact) mass is 235 g/mol. The fraction of sp³-hybridized carbons (Fsp3) is 0.600. The van der Waals surface area contributed by atoms with E-state index in [4.69, 9.17) is 10.5 Å². The van der Waals surface area contributed by atoms with Crippen molar-refractivity contribution in [2.45, 2.75) is 58.8 Å². The predicted molar refractivity (Wildman–Crippen MR) is 73.0 cm³/mol. The van der Waals surface area contributed by atoms with Crippen molar-refractivity contribution in [2.75, 3.05) is 0 Å². The first-order valence-corrected chi connectivity index (χ1v) is 6.52. The molecule has 0 spiro atoms. The Morgan fingerprint density at radius 3 is 2.41 bits per heavy atom. The van der Waals surface area contributed by atoms with Crippen LogP contribution >= 0.6 is 0 Å². The van der Waals surface area contributed by atoms with E-state index >= 15 is 0 Å². The van der Waals surface area contributed by atoms with Crippen molar-refractivity contribution in [3.63, 3.8) is 0 Å². The molecule has 1 aromatic carbocycles. The van der Waals surface area contributed by atoms with Gasteiger partial charge >= 0.3 is 0 Å². The number of nitrogens with two attached hydrogens (primary N) is 1. The van der Waals surface area contributed by atoms with Crippen LogP contribution in [0.15, 0.2) is 24.3 Å². The number of ether oxygens (including phenoxy) is 1. The molecular formula is C15H25NO. The highest BCUT2D eigenvalue weighted by Gasteiger charge is 2.20. The molecule has 0 amide bonds. The van der Waals surface area contributed by atoms with Crippen molar-refractivity contribution in [3.8, 4) is 0 Å². The summed E-state index contributed by atoms with van der Waals surface area (Å²) < 4.78 is 6.09. The highest BCUT2D eigenvalue weighted by Crippen LogP contribution is 2.25. The lowest BCUT2D eigenvalue weighted by atomic mass is 9.99. The zero-order valence-corrected chi connectivity index (χ0v) is 11.4. The van der Waals surface area contributed by atoms with Crippen LogP contribution in [0.5, 0.6) is 0 Å². The summed E-state index contributed by atoms with van der Waals surface area (Å²) in [6.07, 6.45) is 2.48. The van der Waals surface area contributed by atoms with Gasteiger partial charge in [0.25, 0.3) is 0 Å². The third kappa shape index (κ3) is 4.14. The van der Waals surface area contributed by atoms with Crippen LogP contribution in [-0.2, 0) is 4.74 Å². The molecule has 0 radical (unpaired) electrons. The van der Waals surface area contributed by atoms with Crippen LogP contribution in [-0.4, -0.2) is 12.1 Å². The lowest BCUT2D eigenvalue weighted by Gasteiger charge is -2.27. The molecule has 1 aromatic rings. The van der Waals surface area contributed by atoms with Gasteiger partial charge in [0.1, 0.15) is 0 Å². The van der Waals surface area contributed by atoms with Crippen LogP contribution in [0.3, 0.4) is 0 Å². The van der Waals surface area contributed by atoms with E-state index in [-0.39, 0.29) is 18.2 Å². The van der Waals surface area contributed by atoms with E-state index in [0.717, 1.165) is 12.8 Å². The number of aryl methyl sites for hydroxylation is 1. The van der Waals surface area contributed by atoms with Gasteiger partial charge in [-0.1, -0.05) is 37.6 Å². The molecule has 0 aliphatic carbocycles. The molecule has 0 saturated carbocycles. The maximum atomic E-state index is 6.09. The Bertz CT molecular complexity index is 335. The summed E-state index contributed by atoms with van der Waals surface area (Å²) >= 11 is 0. The van der Waals surface area contributed by atoms with E-state index in [1.54, 1.807) is 0 Å². The molecule has 0 aliphatic heterocycles. The van der Waals surface area contributed by atoms with Crippen LogP contribution in [0.25, 0.3) is 0 Å². The van der Waals surface area contributed by atoms with Gasteiger partial charge in [-0.15, -0.1) is 0 Å². The van der Waals surface area contributed by atoms with Crippen LogP contribution in [0, 0.1) is 6.92 Å². The maximum absolute atomic E-state index is 6.09. The Balaban J connectivity index is 2.83. The van der Waals surface area contributed by atoms with E-state index in [9.17, 15) is 0 Å². The van der Waals surface area contributed by atoms with E-state index in [1.807, 2.05) is 19.1 Å². The topological polar surface area (TPSA) is 35.2 Å². The first-order chi connectivity index (χ1) is 8.06. The SMILES string of the molecule is CCCC(C)OC(c1ccccc1C)C(C)N. The second-order valence-electron chi connectivity index (χ2n) is 4.87. The molecular weight excluding hydrogens is 210 g/mol. The van der Waals surface area contributed by atoms with Crippen molar-refractivity contribution < 1.29 is 4.74 Å². The van der Waals surface area contributed by atoms with Gasteiger partial charge in [-0.2, -0.15) is 0 Å². The molecule has 0 fully saturated rings. The first-order valence-electron chi connectivity index (χ1n) is 6.52. The molecule has 3 unspecified atom stereocenters. The van der Waals surface area contributed by atoms with E-state index in [1.165, 1.54) is 11.1 Å². The summed E-state index contributed by atoms with van der Waals surface area (Å²) in [6.45, 7) is 8.42. The molecule has 0 bridgehead atoms. The normalized spacial score (nSPS) is 16.5. The largest absolute Gasteiger partial charge is 0.369 e. The number of hydrogen-bond acceptors (Lipinski definition) is 2. The summed E-state index contributed by atoms with van der Waals surface area (Å²) in [5, 5.41) is 0. The first kappa shape index (κ1) is 14.2. The standard InChI is InChI=1S/C15H25NO/c1-5-8-12(3)17-15(13(4)16)14-10-7-6-9-11(14)2/h6-7,9-10,12-13,15H,5,8,16H2,1-4H3. The van der Waals surface area contributed by atoms with Gasteiger partial charge in [-0.05, 0) is 38.3 Å². The van der Waals surface area contributed by atoms with Gasteiger partial charge in [0.2, 0.25) is 0 Å². The van der Waals surface area contributed by atoms with Gasteiger partial charge in [-0.25, -0.2) is 0 Å². The van der Waals surface area contributed by atoms with Gasteiger partial charge in [-0.3, -0.25) is 0 Å². The third-order valence-electron chi connectivity index (χ3n) is 3.05. The molecule has 17 heavy (non-hydrogen) atoms. The lowest BCUT2D eigenvalue weighted by molar-refractivity contribution is -0.0190. The molecule has 2 N–H and O–H groups in total. The zero-order chi connectivity index (χ0) is 12.8. The summed E-state index contributed by atoms with van der Waals surface area (Å²) in [4.78, 5) is 0. The summed E-state index contributed by atoms with van der Waals surface area (Å²) in [5.41, 5.74) is 8.52. The van der Waals surface area contributed by atoms with Crippen molar-refractivity contribution in [2.24, 2.45) is 5.73 Å². The van der Waals surface area contributed by atoms with Gasteiger partial charge in [0.15, 0.2) is 0 Å².